The van der Waals surface area contributed by atoms with Gasteiger partial charge in [0, 0.05) is 12.0 Å². The van der Waals surface area contributed by atoms with Gasteiger partial charge in [0.15, 0.2) is 0 Å². The van der Waals surface area contributed by atoms with Crippen molar-refractivity contribution in [1.29, 1.82) is 0 Å². The fourth-order valence-electron chi connectivity index (χ4n) is 1.33. The largest absolute Gasteiger partial charge is 0.350 e. The van der Waals surface area contributed by atoms with Gasteiger partial charge in [-0.05, 0) is 34.1 Å². The van der Waals surface area contributed by atoms with E-state index in [0.717, 1.165) is 6.42 Å². The van der Waals surface area contributed by atoms with E-state index in [0.29, 0.717) is 6.42 Å². The zero-order valence-corrected chi connectivity index (χ0v) is 12.4. The molecule has 3 N–H and O–H groups in total. The SMILES string of the molecule is CCCC(=O)NCC(=O)NC(C)C(=O)NC(C)(C)C. The molecule has 19 heavy (non-hydrogen) atoms. The maximum atomic E-state index is 11.7. The molecule has 0 saturated heterocycles. The Labute approximate surface area is 114 Å². The maximum Gasteiger partial charge on any atom is 0.242 e. The first-order valence-corrected chi connectivity index (χ1v) is 6.53. The molecule has 0 aliphatic heterocycles. The summed E-state index contributed by atoms with van der Waals surface area (Å²) in [5.74, 6) is -0.786. The van der Waals surface area contributed by atoms with Crippen molar-refractivity contribution >= 4 is 17.7 Å². The second kappa shape index (κ2) is 7.76. The molecule has 0 aliphatic rings. The van der Waals surface area contributed by atoms with Crippen LogP contribution in [0.3, 0.4) is 0 Å². The quantitative estimate of drug-likeness (QED) is 0.650. The van der Waals surface area contributed by atoms with Gasteiger partial charge in [0.05, 0.1) is 6.54 Å². The molecule has 0 spiro atoms. The van der Waals surface area contributed by atoms with Crippen LogP contribution in [-0.4, -0.2) is 35.8 Å². The smallest absolute Gasteiger partial charge is 0.242 e. The molecular weight excluding hydrogens is 246 g/mol. The van der Waals surface area contributed by atoms with Gasteiger partial charge in [-0.3, -0.25) is 14.4 Å². The van der Waals surface area contributed by atoms with Crippen LogP contribution in [0.25, 0.3) is 0 Å². The van der Waals surface area contributed by atoms with Gasteiger partial charge < -0.3 is 16.0 Å². The Morgan fingerprint density at radius 3 is 2.16 bits per heavy atom. The lowest BCUT2D eigenvalue weighted by Crippen LogP contribution is -2.52. The topological polar surface area (TPSA) is 87.3 Å². The predicted molar refractivity (Wildman–Crippen MR) is 73.4 cm³/mol. The first-order valence-electron chi connectivity index (χ1n) is 6.53. The summed E-state index contributed by atoms with van der Waals surface area (Å²) in [6, 6.07) is -0.630. The van der Waals surface area contributed by atoms with Crippen LogP contribution < -0.4 is 16.0 Å². The van der Waals surface area contributed by atoms with Crippen molar-refractivity contribution in [2.24, 2.45) is 0 Å². The van der Waals surface area contributed by atoms with Crippen molar-refractivity contribution in [2.45, 2.75) is 59.0 Å². The van der Waals surface area contributed by atoms with E-state index in [2.05, 4.69) is 16.0 Å². The van der Waals surface area contributed by atoms with Crippen LogP contribution in [0, 0.1) is 0 Å². The lowest BCUT2D eigenvalue weighted by Gasteiger charge is -2.23. The maximum absolute atomic E-state index is 11.7. The summed E-state index contributed by atoms with van der Waals surface area (Å²) < 4.78 is 0. The van der Waals surface area contributed by atoms with Crippen LogP contribution in [-0.2, 0) is 14.4 Å². The standard InChI is InChI=1S/C13H25N3O3/c1-6-7-10(17)14-8-11(18)15-9(2)12(19)16-13(3,4)5/h9H,6-8H2,1-5H3,(H,14,17)(H,15,18)(H,16,19). The van der Waals surface area contributed by atoms with Gasteiger partial charge in [-0.1, -0.05) is 6.92 Å². The van der Waals surface area contributed by atoms with Crippen LogP contribution in [0.15, 0.2) is 0 Å². The van der Waals surface area contributed by atoms with Gasteiger partial charge >= 0.3 is 0 Å². The Morgan fingerprint density at radius 1 is 1.11 bits per heavy atom. The van der Waals surface area contributed by atoms with Gasteiger partial charge in [0.2, 0.25) is 17.7 Å². The van der Waals surface area contributed by atoms with Crippen LogP contribution in [0.4, 0.5) is 0 Å². The van der Waals surface area contributed by atoms with Gasteiger partial charge in [-0.15, -0.1) is 0 Å². The van der Waals surface area contributed by atoms with Crippen molar-refractivity contribution in [2.75, 3.05) is 6.54 Å². The second-order valence-corrected chi connectivity index (χ2v) is 5.56. The summed E-state index contributed by atoms with van der Waals surface area (Å²) >= 11 is 0. The lowest BCUT2D eigenvalue weighted by atomic mass is 10.1. The van der Waals surface area contributed by atoms with Crippen LogP contribution in [0.5, 0.6) is 0 Å². The van der Waals surface area contributed by atoms with Crippen molar-refractivity contribution < 1.29 is 14.4 Å². The van der Waals surface area contributed by atoms with Crippen LogP contribution >= 0.6 is 0 Å². The van der Waals surface area contributed by atoms with Gasteiger partial charge in [0.25, 0.3) is 0 Å². The summed E-state index contributed by atoms with van der Waals surface area (Å²) in [6.07, 6.45) is 1.13. The van der Waals surface area contributed by atoms with E-state index >= 15 is 0 Å². The number of rotatable bonds is 6. The Morgan fingerprint density at radius 2 is 1.68 bits per heavy atom. The molecule has 0 saturated carbocycles. The first-order chi connectivity index (χ1) is 8.65. The second-order valence-electron chi connectivity index (χ2n) is 5.56. The van der Waals surface area contributed by atoms with Crippen molar-refractivity contribution in [1.82, 2.24) is 16.0 Å². The van der Waals surface area contributed by atoms with E-state index in [1.54, 1.807) is 6.92 Å². The first kappa shape index (κ1) is 17.4. The number of carbonyl (C=O) groups is 3. The number of hydrogen-bond acceptors (Lipinski definition) is 3. The molecule has 0 fully saturated rings. The number of nitrogens with one attached hydrogen (secondary N) is 3. The average molecular weight is 271 g/mol. The number of hydrogen-bond donors (Lipinski definition) is 3. The summed E-state index contributed by atoms with van der Waals surface area (Å²) in [4.78, 5) is 34.4. The molecular formula is C13H25N3O3. The summed E-state index contributed by atoms with van der Waals surface area (Å²) in [5.41, 5.74) is -0.342. The summed E-state index contributed by atoms with van der Waals surface area (Å²) in [5, 5.41) is 7.80. The third-order valence-electron chi connectivity index (χ3n) is 2.19. The number of amides is 3. The van der Waals surface area contributed by atoms with Crippen LogP contribution in [0.1, 0.15) is 47.5 Å². The molecule has 0 aromatic carbocycles. The molecule has 6 nitrogen and oxygen atoms in total. The summed E-state index contributed by atoms with van der Waals surface area (Å²) in [7, 11) is 0. The van der Waals surface area contributed by atoms with E-state index in [1.165, 1.54) is 0 Å². The zero-order valence-electron chi connectivity index (χ0n) is 12.4. The van der Waals surface area contributed by atoms with E-state index in [1.807, 2.05) is 27.7 Å². The van der Waals surface area contributed by atoms with E-state index < -0.39 is 6.04 Å². The van der Waals surface area contributed by atoms with E-state index in [4.69, 9.17) is 0 Å². The molecule has 1 atom stereocenters. The Balaban J connectivity index is 4.05. The zero-order chi connectivity index (χ0) is 15.1. The molecule has 0 aromatic heterocycles. The summed E-state index contributed by atoms with van der Waals surface area (Å²) in [6.45, 7) is 8.98. The molecule has 110 valence electrons. The van der Waals surface area contributed by atoms with Gasteiger partial charge in [-0.25, -0.2) is 0 Å². The lowest BCUT2D eigenvalue weighted by molar-refractivity contribution is -0.130. The Kier molecular flexibility index (Phi) is 7.11. The third-order valence-corrected chi connectivity index (χ3v) is 2.19. The highest BCUT2D eigenvalue weighted by molar-refractivity contribution is 5.90. The molecule has 3 amide bonds. The fourth-order valence-corrected chi connectivity index (χ4v) is 1.33. The minimum absolute atomic E-state index is 0.105. The molecule has 0 radical (unpaired) electrons. The Hall–Kier alpha value is -1.59. The molecule has 0 bridgehead atoms. The molecule has 0 aromatic rings. The monoisotopic (exact) mass is 271 g/mol. The van der Waals surface area contributed by atoms with Gasteiger partial charge in [-0.2, -0.15) is 0 Å². The Bertz CT molecular complexity index is 335. The highest BCUT2D eigenvalue weighted by atomic mass is 16.2. The normalized spacial score (nSPS) is 12.5. The van der Waals surface area contributed by atoms with Gasteiger partial charge in [0.1, 0.15) is 6.04 Å². The molecule has 0 rings (SSSR count). The van der Waals surface area contributed by atoms with Crippen LogP contribution in [0.2, 0.25) is 0 Å². The molecule has 0 heterocycles. The van der Waals surface area contributed by atoms with Crippen molar-refractivity contribution in [3.05, 3.63) is 0 Å². The van der Waals surface area contributed by atoms with Crippen molar-refractivity contribution in [3.63, 3.8) is 0 Å². The minimum Gasteiger partial charge on any atom is -0.350 e. The molecule has 6 heteroatoms. The highest BCUT2D eigenvalue weighted by Crippen LogP contribution is 1.99. The van der Waals surface area contributed by atoms with E-state index in [-0.39, 0.29) is 29.8 Å². The van der Waals surface area contributed by atoms with Crippen molar-refractivity contribution in [3.8, 4) is 0 Å². The molecule has 1 unspecified atom stereocenters. The molecule has 0 aliphatic carbocycles. The average Bonchev–Trinajstić information content (AvgIpc) is 2.24. The highest BCUT2D eigenvalue weighted by Gasteiger charge is 2.20. The van der Waals surface area contributed by atoms with E-state index in [9.17, 15) is 14.4 Å². The third kappa shape index (κ3) is 9.04. The number of carbonyl (C=O) groups excluding carboxylic acids is 3. The predicted octanol–water partition coefficient (Wildman–Crippen LogP) is 0.322. The minimum atomic E-state index is -0.630. The fraction of sp³-hybridized carbons (Fsp3) is 0.769.